The van der Waals surface area contributed by atoms with Gasteiger partial charge in [0.1, 0.15) is 5.76 Å². The van der Waals surface area contributed by atoms with Gasteiger partial charge in [0.2, 0.25) is 5.91 Å². The van der Waals surface area contributed by atoms with Gasteiger partial charge in [-0.3, -0.25) is 14.4 Å². The number of fused-ring (bicyclic) bond motifs is 1. The minimum atomic E-state index is 0.194. The molecule has 2 aromatic rings. The lowest BCUT2D eigenvalue weighted by atomic mass is 9.92. The summed E-state index contributed by atoms with van der Waals surface area (Å²) in [6.07, 6.45) is 7.60. The highest BCUT2D eigenvalue weighted by Gasteiger charge is 2.45. The summed E-state index contributed by atoms with van der Waals surface area (Å²) in [5.74, 6) is 1.75. The van der Waals surface area contributed by atoms with E-state index in [9.17, 15) is 4.79 Å². The van der Waals surface area contributed by atoms with Gasteiger partial charge < -0.3 is 9.32 Å². The third kappa shape index (κ3) is 2.98. The predicted molar refractivity (Wildman–Crippen MR) is 89.0 cm³/mol. The smallest absolute Gasteiger partial charge is 0.220 e. The summed E-state index contributed by atoms with van der Waals surface area (Å²) >= 11 is 0. The van der Waals surface area contributed by atoms with E-state index >= 15 is 0 Å². The molecule has 2 saturated heterocycles. The highest BCUT2D eigenvalue weighted by atomic mass is 16.3. The summed E-state index contributed by atoms with van der Waals surface area (Å²) < 4.78 is 7.42. The van der Waals surface area contributed by atoms with E-state index in [0.29, 0.717) is 12.0 Å². The van der Waals surface area contributed by atoms with Gasteiger partial charge in [-0.15, -0.1) is 0 Å². The van der Waals surface area contributed by atoms with E-state index in [1.807, 2.05) is 29.1 Å². The Labute approximate surface area is 142 Å². The molecular weight excluding hydrogens is 304 g/mol. The van der Waals surface area contributed by atoms with Crippen LogP contribution in [0.5, 0.6) is 0 Å². The third-order valence-corrected chi connectivity index (χ3v) is 5.38. The summed E-state index contributed by atoms with van der Waals surface area (Å²) in [7, 11) is 0. The van der Waals surface area contributed by atoms with Crippen molar-refractivity contribution in [2.75, 3.05) is 13.1 Å². The fraction of sp³-hybridized carbons (Fsp3) is 0.556. The molecule has 6 heteroatoms. The van der Waals surface area contributed by atoms with Gasteiger partial charge in [0, 0.05) is 38.4 Å². The molecule has 2 aliphatic heterocycles. The number of carbonyl (C=O) groups excluding carboxylic acids is 1. The SMILES string of the molecule is CC(=O)N1C(Cn2cccn2)C[C@@H]2CN(Cc3ccco3)CC[C@@H]21. The van der Waals surface area contributed by atoms with E-state index in [4.69, 9.17) is 4.42 Å². The van der Waals surface area contributed by atoms with Crippen LogP contribution in [0.1, 0.15) is 25.5 Å². The molecular formula is C18H24N4O2. The van der Waals surface area contributed by atoms with Gasteiger partial charge >= 0.3 is 0 Å². The van der Waals surface area contributed by atoms with Crippen molar-refractivity contribution >= 4 is 5.91 Å². The van der Waals surface area contributed by atoms with E-state index in [2.05, 4.69) is 14.9 Å². The molecule has 2 aromatic heterocycles. The normalized spacial score (nSPS) is 27.4. The number of nitrogens with zero attached hydrogens (tertiary/aromatic N) is 4. The first-order valence-corrected chi connectivity index (χ1v) is 8.72. The van der Waals surface area contributed by atoms with Gasteiger partial charge in [-0.05, 0) is 37.0 Å². The summed E-state index contributed by atoms with van der Waals surface area (Å²) in [5, 5.41) is 4.31. The zero-order chi connectivity index (χ0) is 16.5. The molecule has 0 aliphatic carbocycles. The lowest BCUT2D eigenvalue weighted by Crippen LogP contribution is -2.48. The summed E-state index contributed by atoms with van der Waals surface area (Å²) in [6.45, 7) is 5.40. The maximum atomic E-state index is 12.2. The molecule has 1 amide bonds. The van der Waals surface area contributed by atoms with Gasteiger partial charge in [0.15, 0.2) is 0 Å². The number of carbonyl (C=O) groups is 1. The van der Waals surface area contributed by atoms with Crippen LogP contribution in [0.2, 0.25) is 0 Å². The van der Waals surface area contributed by atoms with Crippen molar-refractivity contribution in [3.8, 4) is 0 Å². The molecule has 4 rings (SSSR count). The Kier molecular flexibility index (Phi) is 4.14. The summed E-state index contributed by atoms with van der Waals surface area (Å²) in [4.78, 5) is 16.8. The highest BCUT2D eigenvalue weighted by Crippen LogP contribution is 2.36. The fourth-order valence-corrected chi connectivity index (χ4v) is 4.47. The molecule has 1 unspecified atom stereocenters. The molecule has 3 atom stereocenters. The molecule has 6 nitrogen and oxygen atoms in total. The monoisotopic (exact) mass is 328 g/mol. The van der Waals surface area contributed by atoms with E-state index < -0.39 is 0 Å². The number of amides is 1. The number of piperidine rings is 1. The quantitative estimate of drug-likeness (QED) is 0.861. The van der Waals surface area contributed by atoms with Crippen molar-refractivity contribution in [3.63, 3.8) is 0 Å². The van der Waals surface area contributed by atoms with Crippen LogP contribution in [-0.4, -0.2) is 50.7 Å². The molecule has 0 saturated carbocycles. The average Bonchev–Trinajstić information content (AvgIpc) is 3.27. The van der Waals surface area contributed by atoms with Crippen LogP contribution in [0, 0.1) is 5.92 Å². The fourth-order valence-electron chi connectivity index (χ4n) is 4.47. The molecule has 4 heterocycles. The molecule has 0 bridgehead atoms. The van der Waals surface area contributed by atoms with Crippen molar-refractivity contribution in [2.24, 2.45) is 5.92 Å². The number of furan rings is 1. The van der Waals surface area contributed by atoms with E-state index in [-0.39, 0.29) is 11.9 Å². The minimum absolute atomic E-state index is 0.194. The van der Waals surface area contributed by atoms with Crippen LogP contribution in [0.15, 0.2) is 41.3 Å². The largest absolute Gasteiger partial charge is 0.468 e. The van der Waals surface area contributed by atoms with Crippen molar-refractivity contribution in [3.05, 3.63) is 42.6 Å². The van der Waals surface area contributed by atoms with Gasteiger partial charge in [0.25, 0.3) is 0 Å². The zero-order valence-electron chi connectivity index (χ0n) is 14.0. The molecule has 128 valence electrons. The minimum Gasteiger partial charge on any atom is -0.468 e. The Morgan fingerprint density at radius 2 is 2.33 bits per heavy atom. The maximum absolute atomic E-state index is 12.2. The van der Waals surface area contributed by atoms with Crippen molar-refractivity contribution < 1.29 is 9.21 Å². The zero-order valence-corrected chi connectivity index (χ0v) is 14.0. The maximum Gasteiger partial charge on any atom is 0.220 e. The van der Waals surface area contributed by atoms with Gasteiger partial charge in [-0.1, -0.05) is 0 Å². The molecule has 0 radical (unpaired) electrons. The summed E-state index contributed by atoms with van der Waals surface area (Å²) in [5.41, 5.74) is 0. The molecule has 0 spiro atoms. The van der Waals surface area contributed by atoms with Crippen molar-refractivity contribution in [2.45, 2.75) is 44.9 Å². The molecule has 0 N–H and O–H groups in total. The predicted octanol–water partition coefficient (Wildman–Crippen LogP) is 1.99. The Bertz CT molecular complexity index is 667. The Hall–Kier alpha value is -2.08. The Morgan fingerprint density at radius 3 is 3.04 bits per heavy atom. The van der Waals surface area contributed by atoms with Gasteiger partial charge in [-0.2, -0.15) is 5.10 Å². The second kappa shape index (κ2) is 6.43. The standard InChI is InChI=1S/C18H24N4O2/c1-14(23)22-16(12-21-7-3-6-19-21)10-15-11-20(8-5-18(15)22)13-17-4-2-9-24-17/h2-4,6-7,9,15-16,18H,5,8,10-13H2,1H3/t15-,16?,18+/m1/s1. The van der Waals surface area contributed by atoms with Crippen LogP contribution in [0.3, 0.4) is 0 Å². The first-order valence-electron chi connectivity index (χ1n) is 8.72. The van der Waals surface area contributed by atoms with Crippen molar-refractivity contribution in [1.29, 1.82) is 0 Å². The van der Waals surface area contributed by atoms with Crippen LogP contribution in [0.25, 0.3) is 0 Å². The number of hydrogen-bond donors (Lipinski definition) is 0. The Morgan fingerprint density at radius 1 is 1.42 bits per heavy atom. The number of aromatic nitrogens is 2. The number of hydrogen-bond acceptors (Lipinski definition) is 4. The lowest BCUT2D eigenvalue weighted by molar-refractivity contribution is -0.133. The van der Waals surface area contributed by atoms with Gasteiger partial charge in [-0.25, -0.2) is 0 Å². The second-order valence-corrected chi connectivity index (χ2v) is 6.97. The highest BCUT2D eigenvalue weighted by molar-refractivity contribution is 5.74. The van der Waals surface area contributed by atoms with Crippen LogP contribution >= 0.6 is 0 Å². The molecule has 2 fully saturated rings. The van der Waals surface area contributed by atoms with E-state index in [1.165, 1.54) is 0 Å². The van der Waals surface area contributed by atoms with Crippen molar-refractivity contribution in [1.82, 2.24) is 19.6 Å². The number of likely N-dealkylation sites (tertiary alicyclic amines) is 2. The summed E-state index contributed by atoms with van der Waals surface area (Å²) in [6, 6.07) is 6.53. The van der Waals surface area contributed by atoms with E-state index in [0.717, 1.165) is 44.8 Å². The van der Waals surface area contributed by atoms with Crippen LogP contribution in [0.4, 0.5) is 0 Å². The lowest BCUT2D eigenvalue weighted by Gasteiger charge is -2.38. The molecule has 2 aliphatic rings. The molecule has 24 heavy (non-hydrogen) atoms. The van der Waals surface area contributed by atoms with E-state index in [1.54, 1.807) is 19.4 Å². The molecule has 0 aromatic carbocycles. The first-order chi connectivity index (χ1) is 11.7. The Balaban J connectivity index is 1.45. The number of rotatable bonds is 4. The van der Waals surface area contributed by atoms with Crippen LogP contribution in [-0.2, 0) is 17.9 Å². The van der Waals surface area contributed by atoms with Gasteiger partial charge in [0.05, 0.1) is 25.4 Å². The van der Waals surface area contributed by atoms with Crippen LogP contribution < -0.4 is 0 Å². The third-order valence-electron chi connectivity index (χ3n) is 5.38. The second-order valence-electron chi connectivity index (χ2n) is 6.97. The first kappa shape index (κ1) is 15.4. The topological polar surface area (TPSA) is 54.5 Å². The average molecular weight is 328 g/mol.